The molecule has 1 fully saturated rings. The van der Waals surface area contributed by atoms with E-state index in [0.29, 0.717) is 13.2 Å². The molecule has 2 atom stereocenters. The van der Waals surface area contributed by atoms with Gasteiger partial charge in [-0.3, -0.25) is 4.79 Å². The number of aliphatic hydroxyl groups excluding tert-OH is 2. The lowest BCUT2D eigenvalue weighted by molar-refractivity contribution is -0.121. The molecular weight excluding hydrogens is 500 g/mol. The molecule has 6 nitrogen and oxygen atoms in total. The van der Waals surface area contributed by atoms with Gasteiger partial charge in [0, 0.05) is 49.4 Å². The summed E-state index contributed by atoms with van der Waals surface area (Å²) in [5.41, 5.74) is 8.92. The van der Waals surface area contributed by atoms with Crippen molar-refractivity contribution in [2.75, 3.05) is 49.2 Å². The monoisotopic (exact) mass is 552 g/mol. The molecule has 0 heterocycles. The van der Waals surface area contributed by atoms with Gasteiger partial charge in [0.2, 0.25) is 0 Å². The number of hydrogen-bond donors (Lipinski definition) is 2. The van der Waals surface area contributed by atoms with Crippen molar-refractivity contribution in [2.24, 2.45) is 0 Å². The first-order valence-electron chi connectivity index (χ1n) is 15.2. The van der Waals surface area contributed by atoms with Crippen LogP contribution in [0, 0.1) is 27.7 Å². The second-order valence-electron chi connectivity index (χ2n) is 11.7. The zero-order valence-corrected chi connectivity index (χ0v) is 26.1. The topological polar surface area (TPSA) is 73.2 Å². The second-order valence-corrected chi connectivity index (χ2v) is 11.7. The van der Waals surface area contributed by atoms with E-state index in [2.05, 4.69) is 82.5 Å². The van der Waals surface area contributed by atoms with Crippen molar-refractivity contribution < 1.29 is 19.7 Å². The fourth-order valence-corrected chi connectivity index (χ4v) is 6.65. The van der Waals surface area contributed by atoms with E-state index in [9.17, 15) is 15.0 Å². The number of aliphatic hydroxyl groups is 2. The molecule has 1 saturated carbocycles. The van der Waals surface area contributed by atoms with Gasteiger partial charge in [-0.2, -0.15) is 0 Å². The molecule has 3 rings (SSSR count). The number of nitrogens with zero attached hydrogens (tertiary/aromatic N) is 2. The largest absolute Gasteiger partial charge is 0.392 e. The maximum Gasteiger partial charge on any atom is 0.155 e. The van der Waals surface area contributed by atoms with Crippen LogP contribution in [-0.4, -0.2) is 67.6 Å². The first-order valence-corrected chi connectivity index (χ1v) is 15.2. The quantitative estimate of drug-likeness (QED) is 0.265. The Kier molecular flexibility index (Phi) is 11.6. The maximum absolute atomic E-state index is 11.5. The second kappa shape index (κ2) is 14.5. The van der Waals surface area contributed by atoms with Crippen LogP contribution in [-0.2, 0) is 9.53 Å². The Balaban J connectivity index is 1.83. The molecule has 2 N–H and O–H groups in total. The average Bonchev–Trinajstić information content (AvgIpc) is 2.89. The number of carbonyl (C=O) groups is 1. The molecule has 6 heteroatoms. The van der Waals surface area contributed by atoms with Crippen LogP contribution in [0.2, 0.25) is 0 Å². The van der Waals surface area contributed by atoms with Crippen LogP contribution < -0.4 is 9.80 Å². The van der Waals surface area contributed by atoms with Gasteiger partial charge in [0.25, 0.3) is 0 Å². The molecule has 0 bridgehead atoms. The van der Waals surface area contributed by atoms with E-state index >= 15 is 0 Å². The molecule has 1 aliphatic carbocycles. The first-order chi connectivity index (χ1) is 19.0. The van der Waals surface area contributed by atoms with Crippen molar-refractivity contribution in [3.63, 3.8) is 0 Å². The maximum atomic E-state index is 11.5. The molecule has 0 aliphatic heterocycles. The van der Waals surface area contributed by atoms with Crippen molar-refractivity contribution in [3.8, 4) is 0 Å². The summed E-state index contributed by atoms with van der Waals surface area (Å²) in [7, 11) is 0. The molecule has 2 aromatic carbocycles. The molecule has 2 unspecified atom stereocenters. The number of ketones is 1. The number of carbonyl (C=O) groups excluding carboxylic acids is 1. The Morgan fingerprint density at radius 2 is 1.05 bits per heavy atom. The summed E-state index contributed by atoms with van der Waals surface area (Å²) in [4.78, 5) is 15.9. The van der Waals surface area contributed by atoms with E-state index in [-0.39, 0.29) is 24.2 Å². The summed E-state index contributed by atoms with van der Waals surface area (Å²) < 4.78 is 5.53. The summed E-state index contributed by atoms with van der Waals surface area (Å²) in [5, 5.41) is 23.0. The summed E-state index contributed by atoms with van der Waals surface area (Å²) in [6.07, 6.45) is 1.91. The number of anilines is 2. The van der Waals surface area contributed by atoms with Crippen LogP contribution in [0.25, 0.3) is 0 Å². The number of Topliss-reactive ketones (excluding diaryl/α,β-unsaturated/α-hetero) is 1. The zero-order valence-electron chi connectivity index (χ0n) is 26.1. The average molecular weight is 553 g/mol. The van der Waals surface area contributed by atoms with Gasteiger partial charge < -0.3 is 24.7 Å². The van der Waals surface area contributed by atoms with Crippen molar-refractivity contribution in [1.82, 2.24) is 0 Å². The van der Waals surface area contributed by atoms with E-state index in [0.717, 1.165) is 78.0 Å². The Hall–Kier alpha value is -2.41. The minimum Gasteiger partial charge on any atom is -0.392 e. The van der Waals surface area contributed by atoms with Gasteiger partial charge in [0.05, 0.1) is 18.8 Å². The van der Waals surface area contributed by atoms with Crippen molar-refractivity contribution in [2.45, 2.75) is 98.7 Å². The number of benzene rings is 2. The first kappa shape index (κ1) is 32.1. The minimum absolute atomic E-state index is 0.0327. The fourth-order valence-electron chi connectivity index (χ4n) is 6.65. The van der Waals surface area contributed by atoms with Gasteiger partial charge in [-0.05, 0) is 112 Å². The summed E-state index contributed by atoms with van der Waals surface area (Å²) in [6.45, 7) is 20.8. The number of aryl methyl sites for hydroxylation is 4. The summed E-state index contributed by atoms with van der Waals surface area (Å²) in [5.74, 6) is -0.573. The highest BCUT2D eigenvalue weighted by molar-refractivity contribution is 5.76. The summed E-state index contributed by atoms with van der Waals surface area (Å²) in [6, 6.07) is 8.79. The molecule has 40 heavy (non-hydrogen) atoms. The third-order valence-electron chi connectivity index (χ3n) is 8.32. The molecule has 2 aromatic rings. The minimum atomic E-state index is -0.643. The Labute approximate surface area is 242 Å². The Morgan fingerprint density at radius 1 is 0.700 bits per heavy atom. The number of ether oxygens (including phenoxy) is 1. The highest BCUT2D eigenvalue weighted by Crippen LogP contribution is 2.51. The van der Waals surface area contributed by atoms with Gasteiger partial charge >= 0.3 is 0 Å². The third kappa shape index (κ3) is 7.07. The van der Waals surface area contributed by atoms with Gasteiger partial charge in [-0.15, -0.1) is 0 Å². The lowest BCUT2D eigenvalue weighted by Gasteiger charge is -2.49. The van der Waals surface area contributed by atoms with Gasteiger partial charge in [0.1, 0.15) is 6.61 Å². The van der Waals surface area contributed by atoms with Crippen molar-refractivity contribution >= 4 is 17.2 Å². The summed E-state index contributed by atoms with van der Waals surface area (Å²) >= 11 is 0. The fraction of sp³-hybridized carbons (Fsp3) is 0.618. The zero-order chi connectivity index (χ0) is 29.6. The van der Waals surface area contributed by atoms with Crippen LogP contribution in [0.4, 0.5) is 11.4 Å². The van der Waals surface area contributed by atoms with E-state index in [1.165, 1.54) is 12.6 Å². The molecule has 0 aromatic heterocycles. The van der Waals surface area contributed by atoms with E-state index < -0.39 is 12.2 Å². The molecular formula is C34H52N2O4. The molecule has 1 aliphatic rings. The highest BCUT2D eigenvalue weighted by atomic mass is 16.5. The molecule has 222 valence electrons. The van der Waals surface area contributed by atoms with Crippen LogP contribution in [0.15, 0.2) is 24.3 Å². The molecule has 0 radical (unpaired) electrons. The predicted molar refractivity (Wildman–Crippen MR) is 166 cm³/mol. The van der Waals surface area contributed by atoms with Gasteiger partial charge in [-0.1, -0.05) is 20.8 Å². The normalized spacial score (nSPS) is 20.4. The third-order valence-corrected chi connectivity index (χ3v) is 8.32. The number of hydrogen-bond acceptors (Lipinski definition) is 6. The van der Waals surface area contributed by atoms with E-state index in [1.807, 2.05) is 0 Å². The predicted octanol–water partition coefficient (Wildman–Crippen LogP) is 5.97. The SMILES string of the molecule is CCCN(CCC)c1cc(C)c(C2C(O)C(c3c(C)cc(N(CCC)CCOCC(C)=O)cc3C)C2O)c(C)c1. The highest BCUT2D eigenvalue weighted by Gasteiger charge is 2.52. The Morgan fingerprint density at radius 3 is 1.38 bits per heavy atom. The molecule has 0 spiro atoms. The smallest absolute Gasteiger partial charge is 0.155 e. The van der Waals surface area contributed by atoms with Crippen LogP contribution in [0.1, 0.15) is 92.2 Å². The van der Waals surface area contributed by atoms with Crippen molar-refractivity contribution in [1.29, 1.82) is 0 Å². The van der Waals surface area contributed by atoms with Crippen molar-refractivity contribution in [3.05, 3.63) is 57.6 Å². The van der Waals surface area contributed by atoms with Gasteiger partial charge in [-0.25, -0.2) is 0 Å². The van der Waals surface area contributed by atoms with E-state index in [1.54, 1.807) is 0 Å². The Bertz CT molecular complexity index is 1080. The number of rotatable bonds is 15. The van der Waals surface area contributed by atoms with Crippen LogP contribution in [0.5, 0.6) is 0 Å². The lowest BCUT2D eigenvalue weighted by atomic mass is 9.60. The molecule has 0 saturated heterocycles. The standard InChI is InChI=1S/C34H52N2O4/c1-9-12-35(13-10-2)27-17-22(4)29(23(5)18-27)31-33(38)32(34(31)39)30-24(6)19-28(20-25(30)7)36(14-11-3)15-16-40-21-26(8)37/h17-20,31-34,38-39H,9-16,21H2,1-8H3. The van der Waals surface area contributed by atoms with E-state index in [4.69, 9.17) is 4.74 Å². The molecule has 0 amide bonds. The lowest BCUT2D eigenvalue weighted by Crippen LogP contribution is -2.52. The van der Waals surface area contributed by atoms with Crippen LogP contribution in [0.3, 0.4) is 0 Å². The van der Waals surface area contributed by atoms with Gasteiger partial charge in [0.15, 0.2) is 5.78 Å². The van der Waals surface area contributed by atoms with Crippen LogP contribution >= 0.6 is 0 Å².